The second kappa shape index (κ2) is 1.79. The van der Waals surface area contributed by atoms with E-state index in [0.29, 0.717) is 13.0 Å². The average Bonchev–Trinajstić information content (AvgIpc) is 2.25. The maximum atomic E-state index is 10.8. The number of aldehydes is 1. The van der Waals surface area contributed by atoms with Crippen LogP contribution in [-0.4, -0.2) is 36.0 Å². The Morgan fingerprint density at radius 2 is 2.50 bits per heavy atom. The summed E-state index contributed by atoms with van der Waals surface area (Å²) < 4.78 is 5.10. The second-order valence-corrected chi connectivity index (χ2v) is 2.50. The molecule has 0 aromatic heterocycles. The third kappa shape index (κ3) is 0.541. The van der Waals surface area contributed by atoms with E-state index in [0.717, 1.165) is 6.29 Å². The van der Waals surface area contributed by atoms with Gasteiger partial charge in [0.1, 0.15) is 18.6 Å². The normalized spacial score (nSPS) is 37.2. The molecule has 0 radical (unpaired) electrons. The highest BCUT2D eigenvalue weighted by atomic mass is 16.5. The summed E-state index contributed by atoms with van der Waals surface area (Å²) in [7, 11) is 0. The first-order chi connectivity index (χ1) is 4.83. The summed E-state index contributed by atoms with van der Waals surface area (Å²) in [5.41, 5.74) is 0. The first-order valence-corrected chi connectivity index (χ1v) is 3.21. The fraction of sp³-hybridized carbons (Fsp3) is 0.667. The number of nitrogens with zero attached hydrogens (tertiary/aromatic N) is 1. The van der Waals surface area contributed by atoms with Crippen LogP contribution in [0, 0.1) is 0 Å². The molecule has 2 aliphatic rings. The Hall–Kier alpha value is -0.900. The molecule has 2 aliphatic heterocycles. The fourth-order valence-electron chi connectivity index (χ4n) is 1.33. The van der Waals surface area contributed by atoms with E-state index in [-0.39, 0.29) is 18.2 Å². The van der Waals surface area contributed by atoms with Gasteiger partial charge in [0.2, 0.25) is 5.91 Å². The topological polar surface area (TPSA) is 46.6 Å². The maximum absolute atomic E-state index is 10.8. The molecule has 0 saturated carbocycles. The van der Waals surface area contributed by atoms with Gasteiger partial charge in [-0.2, -0.15) is 0 Å². The summed E-state index contributed by atoms with van der Waals surface area (Å²) in [5, 5.41) is 0. The summed E-state index contributed by atoms with van der Waals surface area (Å²) in [5.74, 6) is 0.0274. The lowest BCUT2D eigenvalue weighted by atomic mass is 10.1. The van der Waals surface area contributed by atoms with Crippen LogP contribution in [-0.2, 0) is 14.3 Å². The van der Waals surface area contributed by atoms with Crippen molar-refractivity contribution in [3.05, 3.63) is 0 Å². The third-order valence-electron chi connectivity index (χ3n) is 1.92. The zero-order valence-electron chi connectivity index (χ0n) is 5.32. The SMILES string of the molecule is O=CC1COC2CC(=O)N12. The molecule has 1 amide bonds. The lowest BCUT2D eigenvalue weighted by Gasteiger charge is -2.34. The number of β-lactam (4-membered cyclic amide) rings is 1. The number of rotatable bonds is 1. The smallest absolute Gasteiger partial charge is 0.229 e. The largest absolute Gasteiger partial charge is 0.355 e. The summed E-state index contributed by atoms with van der Waals surface area (Å²) in [6, 6.07) is -0.314. The van der Waals surface area contributed by atoms with Gasteiger partial charge in [-0.05, 0) is 0 Å². The second-order valence-electron chi connectivity index (χ2n) is 2.50. The van der Waals surface area contributed by atoms with Crippen molar-refractivity contribution in [3.63, 3.8) is 0 Å². The molecule has 2 unspecified atom stereocenters. The van der Waals surface area contributed by atoms with E-state index in [2.05, 4.69) is 0 Å². The van der Waals surface area contributed by atoms with Crippen LogP contribution < -0.4 is 0 Å². The highest BCUT2D eigenvalue weighted by Gasteiger charge is 2.46. The van der Waals surface area contributed by atoms with E-state index in [1.165, 1.54) is 4.90 Å². The van der Waals surface area contributed by atoms with Gasteiger partial charge >= 0.3 is 0 Å². The molecule has 4 heteroatoms. The summed E-state index contributed by atoms with van der Waals surface area (Å²) in [6.45, 7) is 0.375. The van der Waals surface area contributed by atoms with E-state index in [4.69, 9.17) is 4.74 Å². The van der Waals surface area contributed by atoms with Gasteiger partial charge < -0.3 is 14.4 Å². The van der Waals surface area contributed by atoms with Crippen molar-refractivity contribution < 1.29 is 14.3 Å². The predicted molar refractivity (Wildman–Crippen MR) is 31.1 cm³/mol. The standard InChI is InChI=1S/C6H7NO3/c8-2-4-3-10-6-1-5(9)7(4)6/h2,4,6H,1,3H2. The van der Waals surface area contributed by atoms with Crippen LogP contribution in [0.4, 0.5) is 0 Å². The van der Waals surface area contributed by atoms with Gasteiger partial charge in [0.15, 0.2) is 0 Å². The quantitative estimate of drug-likeness (QED) is 0.352. The van der Waals surface area contributed by atoms with Crippen LogP contribution in [0.2, 0.25) is 0 Å². The van der Waals surface area contributed by atoms with Crippen molar-refractivity contribution in [2.45, 2.75) is 18.7 Å². The summed E-state index contributed by atoms with van der Waals surface area (Å²) in [6.07, 6.45) is 1.11. The molecule has 2 heterocycles. The third-order valence-corrected chi connectivity index (χ3v) is 1.92. The van der Waals surface area contributed by atoms with Gasteiger partial charge in [-0.1, -0.05) is 0 Å². The van der Waals surface area contributed by atoms with Crippen LogP contribution in [0.1, 0.15) is 6.42 Å². The highest BCUT2D eigenvalue weighted by molar-refractivity contribution is 5.86. The average molecular weight is 141 g/mol. The molecule has 2 atom stereocenters. The van der Waals surface area contributed by atoms with Crippen LogP contribution in [0.5, 0.6) is 0 Å². The number of carbonyl (C=O) groups excluding carboxylic acids is 2. The Bertz CT molecular complexity index is 191. The summed E-state index contributed by atoms with van der Waals surface area (Å²) >= 11 is 0. The molecule has 0 aromatic rings. The van der Waals surface area contributed by atoms with E-state index in [9.17, 15) is 9.59 Å². The highest BCUT2D eigenvalue weighted by Crippen LogP contribution is 2.28. The molecule has 4 nitrogen and oxygen atoms in total. The fourth-order valence-corrected chi connectivity index (χ4v) is 1.33. The number of carbonyl (C=O) groups is 2. The van der Waals surface area contributed by atoms with E-state index < -0.39 is 0 Å². The van der Waals surface area contributed by atoms with Gasteiger partial charge in [-0.3, -0.25) is 4.79 Å². The molecule has 2 saturated heterocycles. The van der Waals surface area contributed by atoms with Crippen molar-refractivity contribution in [1.29, 1.82) is 0 Å². The van der Waals surface area contributed by atoms with Gasteiger partial charge in [0.25, 0.3) is 0 Å². The van der Waals surface area contributed by atoms with E-state index in [1.807, 2.05) is 0 Å². The molecule has 0 N–H and O–H groups in total. The van der Waals surface area contributed by atoms with Crippen LogP contribution >= 0.6 is 0 Å². The minimum atomic E-state index is -0.314. The maximum Gasteiger partial charge on any atom is 0.229 e. The van der Waals surface area contributed by atoms with Gasteiger partial charge in [0.05, 0.1) is 13.0 Å². The molecule has 0 aliphatic carbocycles. The number of hydrogen-bond donors (Lipinski definition) is 0. The Balaban J connectivity index is 2.14. The van der Waals surface area contributed by atoms with Crippen LogP contribution in [0.25, 0.3) is 0 Å². The molecule has 54 valence electrons. The Kier molecular flexibility index (Phi) is 1.05. The Morgan fingerprint density at radius 1 is 1.70 bits per heavy atom. The number of fused-ring (bicyclic) bond motifs is 1. The monoisotopic (exact) mass is 141 g/mol. The van der Waals surface area contributed by atoms with Gasteiger partial charge in [-0.15, -0.1) is 0 Å². The summed E-state index contributed by atoms with van der Waals surface area (Å²) in [4.78, 5) is 22.5. The van der Waals surface area contributed by atoms with Crippen molar-refractivity contribution in [2.24, 2.45) is 0 Å². The molecule has 2 fully saturated rings. The predicted octanol–water partition coefficient (Wildman–Crippen LogP) is -0.857. The van der Waals surface area contributed by atoms with Crippen molar-refractivity contribution in [2.75, 3.05) is 6.61 Å². The molecule has 0 aromatic carbocycles. The van der Waals surface area contributed by atoms with Crippen molar-refractivity contribution >= 4 is 12.2 Å². The lowest BCUT2D eigenvalue weighted by Crippen LogP contribution is -2.53. The molecule has 10 heavy (non-hydrogen) atoms. The van der Waals surface area contributed by atoms with E-state index >= 15 is 0 Å². The Labute approximate surface area is 57.7 Å². The molecule has 0 bridgehead atoms. The number of amides is 1. The van der Waals surface area contributed by atoms with Gasteiger partial charge in [0, 0.05) is 0 Å². The van der Waals surface area contributed by atoms with Crippen LogP contribution in [0.15, 0.2) is 0 Å². The molecule has 2 rings (SSSR count). The van der Waals surface area contributed by atoms with Crippen LogP contribution in [0.3, 0.4) is 0 Å². The lowest BCUT2D eigenvalue weighted by molar-refractivity contribution is -0.158. The first-order valence-electron chi connectivity index (χ1n) is 3.21. The van der Waals surface area contributed by atoms with Gasteiger partial charge in [-0.25, -0.2) is 0 Å². The van der Waals surface area contributed by atoms with E-state index in [1.54, 1.807) is 0 Å². The van der Waals surface area contributed by atoms with Crippen molar-refractivity contribution in [3.8, 4) is 0 Å². The molecular weight excluding hydrogens is 134 g/mol. The molecular formula is C6H7NO3. The first kappa shape index (κ1) is 5.85. The Morgan fingerprint density at radius 3 is 3.00 bits per heavy atom. The number of ether oxygens (including phenoxy) is 1. The zero-order chi connectivity index (χ0) is 7.14. The zero-order valence-corrected chi connectivity index (χ0v) is 5.32. The number of hydrogen-bond acceptors (Lipinski definition) is 3. The molecule has 0 spiro atoms. The van der Waals surface area contributed by atoms with Crippen molar-refractivity contribution in [1.82, 2.24) is 4.90 Å². The minimum Gasteiger partial charge on any atom is -0.355 e. The minimum absolute atomic E-state index is 0.0274.